The SMILES string of the molecule is COCO[C@]1(C(=O)COC(C)=O)CC[C@H]2[C@@H]3CCC4=CC(=O)CC[C@]4(C)[C@@]3(Br)C(O)C[C@@]21C. The fraction of sp³-hybridized carbons (Fsp3) is 0.800. The fourth-order valence-corrected chi connectivity index (χ4v) is 8.94. The van der Waals surface area contributed by atoms with Gasteiger partial charge >= 0.3 is 5.97 Å². The summed E-state index contributed by atoms with van der Waals surface area (Å²) in [5.74, 6) is -0.402. The van der Waals surface area contributed by atoms with Crippen molar-refractivity contribution in [3.05, 3.63) is 11.6 Å². The van der Waals surface area contributed by atoms with E-state index in [1.54, 1.807) is 6.08 Å². The lowest BCUT2D eigenvalue weighted by Gasteiger charge is -2.65. The van der Waals surface area contributed by atoms with Crippen molar-refractivity contribution in [1.29, 1.82) is 0 Å². The summed E-state index contributed by atoms with van der Waals surface area (Å²) in [6.45, 7) is 5.09. The summed E-state index contributed by atoms with van der Waals surface area (Å²) in [4.78, 5) is 37.1. The molecule has 33 heavy (non-hydrogen) atoms. The van der Waals surface area contributed by atoms with Crippen molar-refractivity contribution in [2.24, 2.45) is 22.7 Å². The highest BCUT2D eigenvalue weighted by Gasteiger charge is 2.73. The Labute approximate surface area is 203 Å². The van der Waals surface area contributed by atoms with Crippen LogP contribution in [-0.4, -0.2) is 59.2 Å². The van der Waals surface area contributed by atoms with Crippen molar-refractivity contribution in [1.82, 2.24) is 0 Å². The number of carbonyl (C=O) groups is 3. The lowest BCUT2D eigenvalue weighted by atomic mass is 9.45. The van der Waals surface area contributed by atoms with Crippen LogP contribution in [0.5, 0.6) is 0 Å². The Morgan fingerprint density at radius 1 is 1.18 bits per heavy atom. The van der Waals surface area contributed by atoms with E-state index in [9.17, 15) is 19.5 Å². The molecule has 0 spiro atoms. The van der Waals surface area contributed by atoms with Gasteiger partial charge in [0.1, 0.15) is 12.4 Å². The van der Waals surface area contributed by atoms with Crippen LogP contribution in [0.2, 0.25) is 0 Å². The average molecular weight is 527 g/mol. The highest BCUT2D eigenvalue weighted by Crippen LogP contribution is 2.72. The van der Waals surface area contributed by atoms with Gasteiger partial charge < -0.3 is 19.3 Å². The standard InChI is InChI=1S/C25H35BrO7/c1-15(27)32-13-21(30)24(33-14-31-4)10-8-18-19-6-5-16-11-17(28)7-9-22(16,2)25(19,26)20(29)12-23(18,24)3/h11,18-20,29H,5-10,12-14H2,1-4H3/t18-,19-,20?,22-,23-,24-,25-/m0/s1. The van der Waals surface area contributed by atoms with Crippen LogP contribution < -0.4 is 0 Å². The molecular weight excluding hydrogens is 492 g/mol. The normalized spacial score (nSPS) is 44.4. The van der Waals surface area contributed by atoms with E-state index in [-0.39, 0.29) is 42.2 Å². The summed E-state index contributed by atoms with van der Waals surface area (Å²) in [5.41, 5.74) is -1.05. The number of esters is 1. The van der Waals surface area contributed by atoms with Gasteiger partial charge in [-0.3, -0.25) is 14.4 Å². The van der Waals surface area contributed by atoms with Gasteiger partial charge in [0.25, 0.3) is 0 Å². The number of aliphatic hydroxyl groups excluding tert-OH is 1. The molecule has 184 valence electrons. The minimum Gasteiger partial charge on any atom is -0.458 e. The molecule has 8 heteroatoms. The quantitative estimate of drug-likeness (QED) is 0.321. The molecule has 0 bridgehead atoms. The van der Waals surface area contributed by atoms with Crippen LogP contribution in [0.4, 0.5) is 0 Å². The maximum Gasteiger partial charge on any atom is 0.303 e. The molecule has 4 rings (SSSR count). The fourth-order valence-electron chi connectivity index (χ4n) is 7.78. The Bertz CT molecular complexity index is 886. The van der Waals surface area contributed by atoms with Gasteiger partial charge in [0.05, 0.1) is 10.4 Å². The van der Waals surface area contributed by atoms with Crippen LogP contribution in [0.1, 0.15) is 65.7 Å². The van der Waals surface area contributed by atoms with Gasteiger partial charge in [-0.25, -0.2) is 0 Å². The largest absolute Gasteiger partial charge is 0.458 e. The van der Waals surface area contributed by atoms with E-state index in [2.05, 4.69) is 22.9 Å². The van der Waals surface area contributed by atoms with Crippen molar-refractivity contribution in [3.8, 4) is 0 Å². The summed E-state index contributed by atoms with van der Waals surface area (Å²) in [6, 6.07) is 0. The van der Waals surface area contributed by atoms with E-state index < -0.39 is 27.4 Å². The summed E-state index contributed by atoms with van der Waals surface area (Å²) < 4.78 is 15.9. The Morgan fingerprint density at radius 3 is 2.58 bits per heavy atom. The summed E-state index contributed by atoms with van der Waals surface area (Å²) in [6.07, 6.45) is 5.51. The third kappa shape index (κ3) is 3.42. The Balaban J connectivity index is 1.74. The number of hydrogen-bond acceptors (Lipinski definition) is 7. The molecule has 7 atom stereocenters. The number of ether oxygens (including phenoxy) is 3. The zero-order chi connectivity index (χ0) is 24.2. The molecule has 0 aromatic carbocycles. The molecular formula is C25H35BrO7. The molecule has 0 aromatic heterocycles. The molecule has 0 radical (unpaired) electrons. The van der Waals surface area contributed by atoms with Crippen LogP contribution in [-0.2, 0) is 28.6 Å². The first-order chi connectivity index (χ1) is 15.5. The molecule has 0 saturated heterocycles. The molecule has 0 amide bonds. The number of fused-ring (bicyclic) bond motifs is 5. The van der Waals surface area contributed by atoms with Crippen molar-refractivity contribution < 1.29 is 33.7 Å². The van der Waals surface area contributed by atoms with Gasteiger partial charge in [-0.1, -0.05) is 35.4 Å². The number of Topliss-reactive ketones (excluding diaryl/α,β-unsaturated/α-hetero) is 1. The Hall–Kier alpha value is -1.09. The van der Waals surface area contributed by atoms with Gasteiger partial charge in [-0.2, -0.15) is 0 Å². The molecule has 1 unspecified atom stereocenters. The van der Waals surface area contributed by atoms with Crippen molar-refractivity contribution in [2.75, 3.05) is 20.5 Å². The van der Waals surface area contributed by atoms with E-state index in [0.29, 0.717) is 25.7 Å². The smallest absolute Gasteiger partial charge is 0.303 e. The molecule has 0 aromatic rings. The zero-order valence-electron chi connectivity index (χ0n) is 19.9. The number of methoxy groups -OCH3 is 1. The van der Waals surface area contributed by atoms with Gasteiger partial charge in [0.15, 0.2) is 12.4 Å². The van der Waals surface area contributed by atoms with Crippen LogP contribution in [0.15, 0.2) is 11.6 Å². The summed E-state index contributed by atoms with van der Waals surface area (Å²) in [5, 5.41) is 11.8. The second-order valence-electron chi connectivity index (χ2n) is 10.7. The third-order valence-corrected chi connectivity index (χ3v) is 11.4. The number of aliphatic hydroxyl groups is 1. The van der Waals surface area contributed by atoms with Crippen LogP contribution in [0, 0.1) is 22.7 Å². The van der Waals surface area contributed by atoms with Crippen LogP contribution >= 0.6 is 15.9 Å². The molecule has 3 saturated carbocycles. The van der Waals surface area contributed by atoms with Gasteiger partial charge in [0, 0.05) is 31.3 Å². The summed E-state index contributed by atoms with van der Waals surface area (Å²) in [7, 11) is 1.51. The number of alkyl halides is 1. The first-order valence-electron chi connectivity index (χ1n) is 11.9. The van der Waals surface area contributed by atoms with E-state index in [1.807, 2.05) is 6.92 Å². The summed E-state index contributed by atoms with van der Waals surface area (Å²) >= 11 is 4.07. The lowest BCUT2D eigenvalue weighted by Crippen LogP contribution is -2.69. The number of ketones is 2. The zero-order valence-corrected chi connectivity index (χ0v) is 21.5. The minimum absolute atomic E-state index is 0.0545. The Morgan fingerprint density at radius 2 is 1.91 bits per heavy atom. The van der Waals surface area contributed by atoms with Crippen LogP contribution in [0.3, 0.4) is 0 Å². The molecule has 4 aliphatic carbocycles. The van der Waals surface area contributed by atoms with Crippen LogP contribution in [0.25, 0.3) is 0 Å². The second-order valence-corrected chi connectivity index (χ2v) is 12.1. The highest BCUT2D eigenvalue weighted by atomic mass is 79.9. The maximum atomic E-state index is 13.5. The molecule has 7 nitrogen and oxygen atoms in total. The number of allylic oxidation sites excluding steroid dienone is 1. The van der Waals surface area contributed by atoms with Gasteiger partial charge in [0.2, 0.25) is 5.78 Å². The molecule has 0 aliphatic heterocycles. The van der Waals surface area contributed by atoms with Gasteiger partial charge in [-0.15, -0.1) is 0 Å². The monoisotopic (exact) mass is 526 g/mol. The first kappa shape index (κ1) is 25.0. The van der Waals surface area contributed by atoms with Gasteiger partial charge in [-0.05, 0) is 56.4 Å². The maximum absolute atomic E-state index is 13.5. The highest BCUT2D eigenvalue weighted by molar-refractivity contribution is 9.10. The number of rotatable bonds is 6. The van der Waals surface area contributed by atoms with Crippen molar-refractivity contribution >= 4 is 33.5 Å². The molecule has 4 aliphatic rings. The van der Waals surface area contributed by atoms with E-state index in [4.69, 9.17) is 14.2 Å². The molecule has 1 N–H and O–H groups in total. The van der Waals surface area contributed by atoms with Crippen molar-refractivity contribution in [2.45, 2.75) is 81.7 Å². The lowest BCUT2D eigenvalue weighted by molar-refractivity contribution is -0.212. The van der Waals surface area contributed by atoms with E-state index >= 15 is 0 Å². The second kappa shape index (κ2) is 8.54. The number of halogens is 1. The average Bonchev–Trinajstić information content (AvgIpc) is 3.05. The third-order valence-electron chi connectivity index (χ3n) is 9.44. The molecule has 3 fully saturated rings. The van der Waals surface area contributed by atoms with Crippen molar-refractivity contribution in [3.63, 3.8) is 0 Å². The van der Waals surface area contributed by atoms with E-state index in [0.717, 1.165) is 24.8 Å². The predicted molar refractivity (Wildman–Crippen MR) is 124 cm³/mol. The predicted octanol–water partition coefficient (Wildman–Crippen LogP) is 3.50. The molecule has 0 heterocycles. The topological polar surface area (TPSA) is 99.1 Å². The Kier molecular flexibility index (Phi) is 6.47. The first-order valence-corrected chi connectivity index (χ1v) is 12.7. The van der Waals surface area contributed by atoms with E-state index in [1.165, 1.54) is 14.0 Å². The number of carbonyl (C=O) groups excluding carboxylic acids is 3. The minimum atomic E-state index is -1.20. The number of hydrogen-bond donors (Lipinski definition) is 1.